The zero-order valence-electron chi connectivity index (χ0n) is 12.9. The van der Waals surface area contributed by atoms with E-state index in [4.69, 9.17) is 14.2 Å². The molecular formula is C16H25NO4. The van der Waals surface area contributed by atoms with E-state index in [1.54, 1.807) is 6.20 Å². The van der Waals surface area contributed by atoms with Gasteiger partial charge >= 0.3 is 0 Å². The molecule has 0 aromatic carbocycles. The summed E-state index contributed by atoms with van der Waals surface area (Å²) < 4.78 is 17.6. The molecule has 1 aromatic rings. The summed E-state index contributed by atoms with van der Waals surface area (Å²) in [4.78, 5) is 4.12. The van der Waals surface area contributed by atoms with Gasteiger partial charge in [0, 0.05) is 24.6 Å². The lowest BCUT2D eigenvalue weighted by molar-refractivity contribution is -0.275. The van der Waals surface area contributed by atoms with Crippen LogP contribution in [0.3, 0.4) is 0 Å². The van der Waals surface area contributed by atoms with Crippen molar-refractivity contribution in [2.24, 2.45) is 0 Å². The minimum Gasteiger partial charge on any atom is -0.493 e. The third-order valence-electron chi connectivity index (χ3n) is 3.80. The van der Waals surface area contributed by atoms with E-state index in [9.17, 15) is 5.11 Å². The van der Waals surface area contributed by atoms with Gasteiger partial charge in [-0.2, -0.15) is 0 Å². The number of ether oxygens (including phenoxy) is 3. The average molecular weight is 295 g/mol. The van der Waals surface area contributed by atoms with Gasteiger partial charge in [0.25, 0.3) is 0 Å². The largest absolute Gasteiger partial charge is 0.493 e. The second-order valence-electron chi connectivity index (χ2n) is 5.35. The average Bonchev–Trinajstić information content (AvgIpc) is 2.50. The molecule has 1 aliphatic heterocycles. The van der Waals surface area contributed by atoms with Gasteiger partial charge in [-0.25, -0.2) is 0 Å². The molecule has 118 valence electrons. The van der Waals surface area contributed by atoms with Crippen LogP contribution in [-0.4, -0.2) is 35.7 Å². The van der Waals surface area contributed by atoms with Gasteiger partial charge in [0.15, 0.2) is 5.79 Å². The molecule has 0 atom stereocenters. The third kappa shape index (κ3) is 4.15. The normalized spacial score (nSPS) is 17.7. The van der Waals surface area contributed by atoms with Crippen molar-refractivity contribution in [3.8, 4) is 5.75 Å². The van der Waals surface area contributed by atoms with Crippen molar-refractivity contribution in [2.75, 3.05) is 19.8 Å². The molecular weight excluding hydrogens is 270 g/mol. The summed E-state index contributed by atoms with van der Waals surface area (Å²) in [5.74, 6) is 0.268. The first-order valence-electron chi connectivity index (χ1n) is 7.67. The van der Waals surface area contributed by atoms with Crippen LogP contribution < -0.4 is 4.74 Å². The molecule has 21 heavy (non-hydrogen) atoms. The van der Waals surface area contributed by atoms with Crippen molar-refractivity contribution in [1.82, 2.24) is 4.98 Å². The second-order valence-corrected chi connectivity index (χ2v) is 5.35. The lowest BCUT2D eigenvalue weighted by Gasteiger charge is -2.37. The zero-order valence-corrected chi connectivity index (χ0v) is 12.9. The Morgan fingerprint density at radius 1 is 1.33 bits per heavy atom. The minimum absolute atomic E-state index is 0.0744. The molecule has 1 fully saturated rings. The van der Waals surface area contributed by atoms with Gasteiger partial charge in [-0.15, -0.1) is 0 Å². The number of aliphatic hydroxyl groups excluding tert-OH is 1. The maximum atomic E-state index is 9.23. The van der Waals surface area contributed by atoms with E-state index in [0.717, 1.165) is 43.8 Å². The minimum atomic E-state index is -0.492. The highest BCUT2D eigenvalue weighted by Gasteiger charge is 2.33. The molecule has 0 saturated carbocycles. The van der Waals surface area contributed by atoms with E-state index in [1.807, 2.05) is 13.0 Å². The maximum absolute atomic E-state index is 9.23. The highest BCUT2D eigenvalue weighted by molar-refractivity contribution is 5.34. The van der Waals surface area contributed by atoms with Crippen LogP contribution in [-0.2, 0) is 16.1 Å². The molecule has 0 bridgehead atoms. The summed E-state index contributed by atoms with van der Waals surface area (Å²) in [6, 6.07) is 1.82. The molecule has 1 aliphatic rings. The quantitative estimate of drug-likeness (QED) is 0.837. The summed E-state index contributed by atoms with van der Waals surface area (Å²) in [5.41, 5.74) is 1.54. The van der Waals surface area contributed by atoms with Crippen LogP contribution in [0, 0.1) is 6.92 Å². The fourth-order valence-corrected chi connectivity index (χ4v) is 2.60. The summed E-state index contributed by atoms with van der Waals surface area (Å²) in [6.07, 6.45) is 5.21. The molecule has 0 amide bonds. The van der Waals surface area contributed by atoms with Crippen molar-refractivity contribution in [3.63, 3.8) is 0 Å². The highest BCUT2D eigenvalue weighted by Crippen LogP contribution is 2.29. The Kier molecular flexibility index (Phi) is 5.96. The first-order valence-corrected chi connectivity index (χ1v) is 7.67. The maximum Gasteiger partial charge on any atom is 0.171 e. The molecule has 1 N–H and O–H groups in total. The van der Waals surface area contributed by atoms with Crippen molar-refractivity contribution in [2.45, 2.75) is 51.9 Å². The van der Waals surface area contributed by atoms with Crippen LogP contribution in [0.25, 0.3) is 0 Å². The Balaban J connectivity index is 1.93. The molecule has 1 saturated heterocycles. The Hall–Kier alpha value is -1.17. The fourth-order valence-electron chi connectivity index (χ4n) is 2.60. The van der Waals surface area contributed by atoms with Gasteiger partial charge in [0.1, 0.15) is 5.75 Å². The molecule has 0 unspecified atom stereocenters. The predicted molar refractivity (Wildman–Crippen MR) is 79.2 cm³/mol. The van der Waals surface area contributed by atoms with Gasteiger partial charge in [0.05, 0.1) is 32.1 Å². The molecule has 2 rings (SSSR count). The van der Waals surface area contributed by atoms with Gasteiger partial charge < -0.3 is 19.3 Å². The smallest absolute Gasteiger partial charge is 0.171 e. The monoisotopic (exact) mass is 295 g/mol. The van der Waals surface area contributed by atoms with E-state index in [0.29, 0.717) is 18.7 Å². The Morgan fingerprint density at radius 3 is 2.76 bits per heavy atom. The Morgan fingerprint density at radius 2 is 2.10 bits per heavy atom. The van der Waals surface area contributed by atoms with E-state index >= 15 is 0 Å². The van der Waals surface area contributed by atoms with Crippen molar-refractivity contribution in [3.05, 3.63) is 23.5 Å². The number of aromatic nitrogens is 1. The topological polar surface area (TPSA) is 60.8 Å². The van der Waals surface area contributed by atoms with Crippen molar-refractivity contribution in [1.29, 1.82) is 0 Å². The number of aliphatic hydroxyl groups is 1. The number of pyridine rings is 1. The molecule has 1 aromatic heterocycles. The molecule has 0 aliphatic carbocycles. The van der Waals surface area contributed by atoms with Gasteiger partial charge in [-0.1, -0.05) is 13.3 Å². The van der Waals surface area contributed by atoms with Crippen LogP contribution in [0.5, 0.6) is 5.75 Å². The third-order valence-corrected chi connectivity index (χ3v) is 3.80. The number of nitrogens with zero attached hydrogens (tertiary/aromatic N) is 1. The Labute approximate surface area is 126 Å². The molecule has 0 spiro atoms. The van der Waals surface area contributed by atoms with Crippen LogP contribution in [0.4, 0.5) is 0 Å². The lowest BCUT2D eigenvalue weighted by atomic mass is 10.1. The van der Waals surface area contributed by atoms with Crippen LogP contribution in [0.1, 0.15) is 43.9 Å². The van der Waals surface area contributed by atoms with Crippen LogP contribution in [0.15, 0.2) is 12.3 Å². The standard InChI is InChI=1S/C16H25NO4/c1-3-6-16(20-9-4-10-21-16)7-11-19-15-5-8-17-14(12-18)13(15)2/h5,8,18H,3-4,6-7,9-12H2,1-2H3. The Bertz CT molecular complexity index is 438. The van der Waals surface area contributed by atoms with Crippen molar-refractivity contribution >= 4 is 0 Å². The molecule has 2 heterocycles. The van der Waals surface area contributed by atoms with Crippen molar-refractivity contribution < 1.29 is 19.3 Å². The molecule has 5 nitrogen and oxygen atoms in total. The van der Waals surface area contributed by atoms with E-state index in [1.165, 1.54) is 0 Å². The van der Waals surface area contributed by atoms with E-state index in [2.05, 4.69) is 11.9 Å². The first kappa shape index (κ1) is 16.2. The highest BCUT2D eigenvalue weighted by atomic mass is 16.7. The summed E-state index contributed by atoms with van der Waals surface area (Å²) >= 11 is 0. The predicted octanol–water partition coefficient (Wildman–Crippen LogP) is 2.58. The van der Waals surface area contributed by atoms with Gasteiger partial charge in [-0.3, -0.25) is 4.98 Å². The summed E-state index contributed by atoms with van der Waals surface area (Å²) in [6.45, 7) is 5.99. The van der Waals surface area contributed by atoms with Crippen LogP contribution >= 0.6 is 0 Å². The number of hydrogen-bond donors (Lipinski definition) is 1. The van der Waals surface area contributed by atoms with Crippen LogP contribution in [0.2, 0.25) is 0 Å². The SMILES string of the molecule is CCCC1(CCOc2ccnc(CO)c2C)OCCCO1. The zero-order chi connectivity index (χ0) is 15.1. The number of rotatable bonds is 7. The fraction of sp³-hybridized carbons (Fsp3) is 0.688. The number of hydrogen-bond acceptors (Lipinski definition) is 5. The first-order chi connectivity index (χ1) is 10.2. The van der Waals surface area contributed by atoms with E-state index in [-0.39, 0.29) is 6.61 Å². The summed E-state index contributed by atoms with van der Waals surface area (Å²) in [7, 11) is 0. The summed E-state index contributed by atoms with van der Waals surface area (Å²) in [5, 5.41) is 9.23. The van der Waals surface area contributed by atoms with E-state index < -0.39 is 5.79 Å². The lowest BCUT2D eigenvalue weighted by Crippen LogP contribution is -2.41. The second kappa shape index (κ2) is 7.73. The molecule has 5 heteroatoms. The molecule has 0 radical (unpaired) electrons. The van der Waals surface area contributed by atoms with Gasteiger partial charge in [0.2, 0.25) is 0 Å². The van der Waals surface area contributed by atoms with Gasteiger partial charge in [-0.05, 0) is 19.4 Å².